The highest BCUT2D eigenvalue weighted by Gasteiger charge is 2.43. The van der Waals surface area contributed by atoms with Crippen molar-refractivity contribution in [2.75, 3.05) is 33.4 Å². The number of hydrogen-bond acceptors (Lipinski definition) is 5. The second kappa shape index (κ2) is 8.12. The van der Waals surface area contributed by atoms with E-state index in [1.54, 1.807) is 24.3 Å². The van der Waals surface area contributed by atoms with Gasteiger partial charge in [-0.3, -0.25) is 9.78 Å². The van der Waals surface area contributed by atoms with Gasteiger partial charge in [-0.1, -0.05) is 6.07 Å². The number of rotatable bonds is 6. The zero-order valence-electron chi connectivity index (χ0n) is 15.1. The first-order valence-electron chi connectivity index (χ1n) is 9.01. The van der Waals surface area contributed by atoms with Crippen LogP contribution in [-0.2, 0) is 4.74 Å². The van der Waals surface area contributed by atoms with Gasteiger partial charge >= 0.3 is 0 Å². The molecule has 2 heterocycles. The second-order valence-electron chi connectivity index (χ2n) is 7.06. The molecule has 140 valence electrons. The molecule has 0 saturated carbocycles. The van der Waals surface area contributed by atoms with Crippen LogP contribution in [0.5, 0.6) is 0 Å². The minimum absolute atomic E-state index is 0.0766. The van der Waals surface area contributed by atoms with Crippen LogP contribution in [0.1, 0.15) is 29.6 Å². The fourth-order valence-corrected chi connectivity index (χ4v) is 3.76. The molecular formula is C20H26N2O4. The summed E-state index contributed by atoms with van der Waals surface area (Å²) in [6, 6.07) is 9.26. The van der Waals surface area contributed by atoms with Gasteiger partial charge in [-0.15, -0.1) is 0 Å². The van der Waals surface area contributed by atoms with Gasteiger partial charge in [-0.05, 0) is 43.5 Å². The van der Waals surface area contributed by atoms with Crippen molar-refractivity contribution in [3.63, 3.8) is 0 Å². The summed E-state index contributed by atoms with van der Waals surface area (Å²) < 4.78 is 5.09. The Bertz CT molecular complexity index is 766. The van der Waals surface area contributed by atoms with Gasteiger partial charge in [0.1, 0.15) is 0 Å². The third-order valence-electron chi connectivity index (χ3n) is 5.36. The average Bonchev–Trinajstić information content (AvgIpc) is 2.68. The molecule has 2 atom stereocenters. The Labute approximate surface area is 153 Å². The molecule has 2 aromatic rings. The predicted octanol–water partition coefficient (Wildman–Crippen LogP) is 1.85. The molecule has 6 heteroatoms. The SMILES string of the molecule is COCCC[C@@]1(CO)CN(C(=O)c2ccc3ncccc3c2)CC[C@H]1O. The van der Waals surface area contributed by atoms with Gasteiger partial charge in [0.2, 0.25) is 0 Å². The van der Waals surface area contributed by atoms with E-state index in [0.29, 0.717) is 38.1 Å². The predicted molar refractivity (Wildman–Crippen MR) is 98.9 cm³/mol. The lowest BCUT2D eigenvalue weighted by molar-refractivity contribution is -0.0745. The minimum atomic E-state index is -0.690. The number of aliphatic hydroxyl groups is 2. The van der Waals surface area contributed by atoms with Crippen LogP contribution in [0.15, 0.2) is 36.5 Å². The molecular weight excluding hydrogens is 332 g/mol. The van der Waals surface area contributed by atoms with Crippen molar-refractivity contribution in [1.82, 2.24) is 9.88 Å². The van der Waals surface area contributed by atoms with E-state index >= 15 is 0 Å². The lowest BCUT2D eigenvalue weighted by atomic mass is 9.74. The Balaban J connectivity index is 1.79. The molecule has 0 unspecified atom stereocenters. The minimum Gasteiger partial charge on any atom is -0.396 e. The molecule has 0 bridgehead atoms. The summed E-state index contributed by atoms with van der Waals surface area (Å²) in [5, 5.41) is 21.4. The molecule has 1 aromatic carbocycles. The van der Waals surface area contributed by atoms with E-state index < -0.39 is 11.5 Å². The first-order valence-corrected chi connectivity index (χ1v) is 9.01. The maximum Gasteiger partial charge on any atom is 0.253 e. The highest BCUT2D eigenvalue weighted by Crippen LogP contribution is 2.35. The van der Waals surface area contributed by atoms with E-state index in [9.17, 15) is 15.0 Å². The van der Waals surface area contributed by atoms with Crippen LogP contribution >= 0.6 is 0 Å². The Morgan fingerprint density at radius 3 is 3.04 bits per heavy atom. The summed E-state index contributed by atoms with van der Waals surface area (Å²) >= 11 is 0. The Morgan fingerprint density at radius 1 is 1.42 bits per heavy atom. The van der Waals surface area contributed by atoms with Gasteiger partial charge in [0, 0.05) is 49.4 Å². The molecule has 1 amide bonds. The monoisotopic (exact) mass is 358 g/mol. The fraction of sp³-hybridized carbons (Fsp3) is 0.500. The van der Waals surface area contributed by atoms with Gasteiger partial charge in [-0.25, -0.2) is 0 Å². The van der Waals surface area contributed by atoms with E-state index in [1.165, 1.54) is 0 Å². The van der Waals surface area contributed by atoms with E-state index in [0.717, 1.165) is 17.3 Å². The Morgan fingerprint density at radius 2 is 2.27 bits per heavy atom. The zero-order valence-corrected chi connectivity index (χ0v) is 15.1. The maximum absolute atomic E-state index is 13.0. The molecule has 1 aliphatic heterocycles. The molecule has 1 fully saturated rings. The average molecular weight is 358 g/mol. The van der Waals surface area contributed by atoms with Gasteiger partial charge in [0.15, 0.2) is 0 Å². The van der Waals surface area contributed by atoms with Gasteiger partial charge < -0.3 is 19.8 Å². The number of nitrogens with zero attached hydrogens (tertiary/aromatic N) is 2. The third-order valence-corrected chi connectivity index (χ3v) is 5.36. The molecule has 1 aliphatic rings. The molecule has 0 spiro atoms. The van der Waals surface area contributed by atoms with E-state index in [2.05, 4.69) is 4.98 Å². The number of amides is 1. The number of likely N-dealkylation sites (tertiary alicyclic amines) is 1. The topological polar surface area (TPSA) is 82.9 Å². The van der Waals surface area contributed by atoms with Crippen LogP contribution < -0.4 is 0 Å². The van der Waals surface area contributed by atoms with Crippen molar-refractivity contribution in [2.24, 2.45) is 5.41 Å². The van der Waals surface area contributed by atoms with Crippen molar-refractivity contribution >= 4 is 16.8 Å². The Kier molecular flexibility index (Phi) is 5.86. The summed E-state index contributed by atoms with van der Waals surface area (Å²) in [5.74, 6) is -0.0766. The van der Waals surface area contributed by atoms with E-state index in [-0.39, 0.29) is 12.5 Å². The van der Waals surface area contributed by atoms with Crippen molar-refractivity contribution < 1.29 is 19.7 Å². The molecule has 6 nitrogen and oxygen atoms in total. The lowest BCUT2D eigenvalue weighted by Gasteiger charge is -2.45. The van der Waals surface area contributed by atoms with E-state index in [4.69, 9.17) is 4.74 Å². The number of methoxy groups -OCH3 is 1. The summed E-state index contributed by atoms with van der Waals surface area (Å²) in [7, 11) is 1.63. The molecule has 3 rings (SSSR count). The van der Waals surface area contributed by atoms with Crippen molar-refractivity contribution in [2.45, 2.75) is 25.4 Å². The van der Waals surface area contributed by atoms with Gasteiger partial charge in [-0.2, -0.15) is 0 Å². The van der Waals surface area contributed by atoms with Gasteiger partial charge in [0.25, 0.3) is 5.91 Å². The summed E-state index contributed by atoms with van der Waals surface area (Å²) in [6.07, 6.45) is 2.93. The second-order valence-corrected chi connectivity index (χ2v) is 7.06. The molecule has 0 aliphatic carbocycles. The number of benzene rings is 1. The zero-order chi connectivity index (χ0) is 18.6. The lowest BCUT2D eigenvalue weighted by Crippen LogP contribution is -2.55. The Hall–Kier alpha value is -2.02. The number of hydrogen-bond donors (Lipinski definition) is 2. The van der Waals surface area contributed by atoms with Crippen LogP contribution in [0.4, 0.5) is 0 Å². The largest absolute Gasteiger partial charge is 0.396 e. The highest BCUT2D eigenvalue weighted by atomic mass is 16.5. The normalized spacial score (nSPS) is 23.3. The summed E-state index contributed by atoms with van der Waals surface area (Å²) in [4.78, 5) is 19.0. The number of carbonyl (C=O) groups excluding carboxylic acids is 1. The third kappa shape index (κ3) is 3.72. The maximum atomic E-state index is 13.0. The number of carbonyl (C=O) groups is 1. The molecule has 1 saturated heterocycles. The van der Waals surface area contributed by atoms with Crippen LogP contribution in [0.25, 0.3) is 10.9 Å². The van der Waals surface area contributed by atoms with Crippen LogP contribution in [0, 0.1) is 5.41 Å². The van der Waals surface area contributed by atoms with E-state index in [1.807, 2.05) is 24.3 Å². The van der Waals surface area contributed by atoms with Crippen molar-refractivity contribution in [1.29, 1.82) is 0 Å². The highest BCUT2D eigenvalue weighted by molar-refractivity contribution is 5.98. The number of aromatic nitrogens is 1. The molecule has 2 N–H and O–H groups in total. The molecule has 26 heavy (non-hydrogen) atoms. The number of fused-ring (bicyclic) bond motifs is 1. The first-order chi connectivity index (χ1) is 12.6. The van der Waals surface area contributed by atoms with Crippen LogP contribution in [0.3, 0.4) is 0 Å². The van der Waals surface area contributed by atoms with Crippen molar-refractivity contribution in [3.8, 4) is 0 Å². The standard InChI is InChI=1S/C20H26N2O4/c1-26-11-3-8-20(14-23)13-22(10-7-18(20)24)19(25)16-5-6-17-15(12-16)4-2-9-21-17/h2,4-6,9,12,18,23-24H,3,7-8,10-11,13-14H2,1H3/t18-,20+/m1/s1. The van der Waals surface area contributed by atoms with Crippen LogP contribution in [-0.4, -0.2) is 65.5 Å². The van der Waals surface area contributed by atoms with Crippen molar-refractivity contribution in [3.05, 3.63) is 42.1 Å². The number of pyridine rings is 1. The quantitative estimate of drug-likeness (QED) is 0.770. The molecule has 0 radical (unpaired) electrons. The number of piperidine rings is 1. The smallest absolute Gasteiger partial charge is 0.253 e. The van der Waals surface area contributed by atoms with Gasteiger partial charge in [0.05, 0.1) is 18.2 Å². The fourth-order valence-electron chi connectivity index (χ4n) is 3.76. The summed E-state index contributed by atoms with van der Waals surface area (Å²) in [5.41, 5.74) is 0.762. The summed E-state index contributed by atoms with van der Waals surface area (Å²) in [6.45, 7) is 1.25. The molecule has 1 aromatic heterocycles. The van der Waals surface area contributed by atoms with Crippen LogP contribution in [0.2, 0.25) is 0 Å². The number of ether oxygens (including phenoxy) is 1. The first kappa shape index (κ1) is 18.8. The number of aliphatic hydroxyl groups excluding tert-OH is 2.